The van der Waals surface area contributed by atoms with E-state index in [0.29, 0.717) is 23.6 Å². The Kier molecular flexibility index (Phi) is 5.36. The summed E-state index contributed by atoms with van der Waals surface area (Å²) >= 11 is 0. The monoisotopic (exact) mass is 390 g/mol. The highest BCUT2D eigenvalue weighted by atomic mass is 16.1. The molecule has 0 spiro atoms. The largest absolute Gasteiger partial charge is 0.380 e. The highest BCUT2D eigenvalue weighted by Crippen LogP contribution is 2.32. The fourth-order valence-electron chi connectivity index (χ4n) is 3.95. The van der Waals surface area contributed by atoms with Crippen molar-refractivity contribution in [3.8, 4) is 6.07 Å². The van der Waals surface area contributed by atoms with E-state index >= 15 is 0 Å². The van der Waals surface area contributed by atoms with Crippen molar-refractivity contribution in [2.45, 2.75) is 32.7 Å². The van der Waals surface area contributed by atoms with Crippen molar-refractivity contribution in [3.63, 3.8) is 0 Å². The number of aromatic amines is 1. The molecule has 1 aromatic carbocycles. The molecule has 29 heavy (non-hydrogen) atoms. The molecule has 0 aliphatic carbocycles. The first-order valence-electron chi connectivity index (χ1n) is 10.2. The molecular formula is C22H26N6O. The molecule has 3 aromatic rings. The lowest BCUT2D eigenvalue weighted by molar-refractivity contribution is 0.0952. The Morgan fingerprint density at radius 2 is 2.28 bits per heavy atom. The number of amides is 1. The minimum atomic E-state index is -0.120. The van der Waals surface area contributed by atoms with Crippen molar-refractivity contribution in [2.75, 3.05) is 25.0 Å². The number of nitriles is 1. The quantitative estimate of drug-likeness (QED) is 0.517. The molecule has 7 nitrogen and oxygen atoms in total. The van der Waals surface area contributed by atoms with Crippen LogP contribution in [0.25, 0.3) is 21.9 Å². The van der Waals surface area contributed by atoms with Gasteiger partial charge in [-0.2, -0.15) is 5.26 Å². The lowest BCUT2D eigenvalue weighted by atomic mass is 10.1. The molecule has 0 saturated carbocycles. The molecule has 1 fully saturated rings. The van der Waals surface area contributed by atoms with Gasteiger partial charge < -0.3 is 20.9 Å². The number of rotatable bonds is 6. The molecule has 3 heterocycles. The summed E-state index contributed by atoms with van der Waals surface area (Å²) in [6.07, 6.45) is 3.79. The fraction of sp³-hybridized carbons (Fsp3) is 0.409. The number of anilines is 1. The lowest BCUT2D eigenvalue weighted by Gasteiger charge is -2.16. The molecule has 4 rings (SSSR count). The van der Waals surface area contributed by atoms with E-state index in [-0.39, 0.29) is 11.9 Å². The predicted octanol–water partition coefficient (Wildman–Crippen LogP) is 3.14. The van der Waals surface area contributed by atoms with Crippen LogP contribution in [0.2, 0.25) is 0 Å². The van der Waals surface area contributed by atoms with E-state index in [1.807, 2.05) is 26.0 Å². The Hall–Kier alpha value is -3.11. The number of carbonyl (C=O) groups excluding carboxylic acids is 1. The smallest absolute Gasteiger partial charge is 0.255 e. The molecule has 1 saturated heterocycles. The summed E-state index contributed by atoms with van der Waals surface area (Å²) in [6, 6.07) is 7.80. The molecule has 150 valence electrons. The zero-order valence-electron chi connectivity index (χ0n) is 16.8. The van der Waals surface area contributed by atoms with E-state index < -0.39 is 0 Å². The number of pyridine rings is 1. The number of benzene rings is 1. The maximum atomic E-state index is 12.9. The number of carbonyl (C=O) groups is 1. The van der Waals surface area contributed by atoms with Gasteiger partial charge in [0.05, 0.1) is 33.9 Å². The minimum absolute atomic E-state index is 0.120. The van der Waals surface area contributed by atoms with Crippen LogP contribution in [0.15, 0.2) is 24.4 Å². The van der Waals surface area contributed by atoms with Crippen molar-refractivity contribution >= 4 is 33.5 Å². The highest BCUT2D eigenvalue weighted by Gasteiger charge is 2.20. The van der Waals surface area contributed by atoms with Gasteiger partial charge in [0.1, 0.15) is 0 Å². The molecule has 1 atom stereocenters. The second-order valence-electron chi connectivity index (χ2n) is 7.97. The van der Waals surface area contributed by atoms with Crippen molar-refractivity contribution in [1.29, 1.82) is 5.26 Å². The van der Waals surface area contributed by atoms with Crippen LogP contribution in [0, 0.1) is 17.2 Å². The highest BCUT2D eigenvalue weighted by molar-refractivity contribution is 6.13. The molecule has 4 N–H and O–H groups in total. The van der Waals surface area contributed by atoms with E-state index in [0.717, 1.165) is 47.1 Å². The van der Waals surface area contributed by atoms with Gasteiger partial charge >= 0.3 is 0 Å². The van der Waals surface area contributed by atoms with Crippen LogP contribution in [-0.2, 0) is 0 Å². The average molecular weight is 390 g/mol. The zero-order valence-corrected chi connectivity index (χ0v) is 16.8. The van der Waals surface area contributed by atoms with Gasteiger partial charge in [0, 0.05) is 29.7 Å². The van der Waals surface area contributed by atoms with Crippen LogP contribution < -0.4 is 16.0 Å². The summed E-state index contributed by atoms with van der Waals surface area (Å²) in [6.45, 7) is 6.83. The van der Waals surface area contributed by atoms with Crippen LogP contribution in [0.3, 0.4) is 0 Å². The molecule has 1 aliphatic rings. The summed E-state index contributed by atoms with van der Waals surface area (Å²) in [5.41, 5.74) is 4.28. The first kappa shape index (κ1) is 19.2. The Morgan fingerprint density at radius 3 is 3.00 bits per heavy atom. The molecule has 2 aromatic heterocycles. The van der Waals surface area contributed by atoms with E-state index in [1.165, 1.54) is 6.42 Å². The lowest BCUT2D eigenvalue weighted by Crippen LogP contribution is -2.28. The Bertz CT molecular complexity index is 1090. The average Bonchev–Trinajstić information content (AvgIpc) is 3.34. The van der Waals surface area contributed by atoms with Gasteiger partial charge in [-0.1, -0.05) is 0 Å². The Labute approximate surface area is 169 Å². The standard InChI is InChI=1S/C22H26N6O/c1-13(2)27-20-17(22(29)25-8-6-14-5-7-24-11-14)12-26-19-16-4-3-15(10-23)9-18(16)28-21(19)20/h3-4,9,12-14,24,28H,5-8,11H2,1-2H3,(H,25,29)(H,26,27). The van der Waals surface area contributed by atoms with Gasteiger partial charge in [0.2, 0.25) is 0 Å². The number of fused-ring (bicyclic) bond motifs is 3. The van der Waals surface area contributed by atoms with Crippen LogP contribution in [0.4, 0.5) is 5.69 Å². The van der Waals surface area contributed by atoms with Crippen LogP contribution in [0.5, 0.6) is 0 Å². The third-order valence-electron chi connectivity index (χ3n) is 5.42. The van der Waals surface area contributed by atoms with Crippen molar-refractivity contribution in [3.05, 3.63) is 35.5 Å². The van der Waals surface area contributed by atoms with Crippen molar-refractivity contribution in [1.82, 2.24) is 20.6 Å². The van der Waals surface area contributed by atoms with Crippen molar-refractivity contribution < 1.29 is 4.79 Å². The summed E-state index contributed by atoms with van der Waals surface area (Å²) in [5, 5.41) is 19.9. The van der Waals surface area contributed by atoms with E-state index in [2.05, 4.69) is 32.0 Å². The third-order valence-corrected chi connectivity index (χ3v) is 5.42. The van der Waals surface area contributed by atoms with E-state index in [4.69, 9.17) is 0 Å². The first-order chi connectivity index (χ1) is 14.1. The summed E-state index contributed by atoms with van der Waals surface area (Å²) in [7, 11) is 0. The molecule has 1 aliphatic heterocycles. The zero-order chi connectivity index (χ0) is 20.4. The summed E-state index contributed by atoms with van der Waals surface area (Å²) in [5.74, 6) is 0.511. The Balaban J connectivity index is 1.67. The van der Waals surface area contributed by atoms with Gasteiger partial charge in [0.15, 0.2) is 0 Å². The number of aromatic nitrogens is 2. The number of nitrogens with zero attached hydrogens (tertiary/aromatic N) is 2. The molecule has 0 bridgehead atoms. The Morgan fingerprint density at radius 1 is 1.41 bits per heavy atom. The fourth-order valence-corrected chi connectivity index (χ4v) is 3.95. The van der Waals surface area contributed by atoms with Gasteiger partial charge in [0.25, 0.3) is 5.91 Å². The maximum absolute atomic E-state index is 12.9. The number of hydrogen-bond donors (Lipinski definition) is 4. The molecule has 1 unspecified atom stereocenters. The first-order valence-corrected chi connectivity index (χ1v) is 10.2. The topological polar surface area (TPSA) is 106 Å². The van der Waals surface area contributed by atoms with Gasteiger partial charge in [-0.05, 0) is 63.9 Å². The molecule has 7 heteroatoms. The van der Waals surface area contributed by atoms with Crippen LogP contribution in [-0.4, -0.2) is 41.6 Å². The third kappa shape index (κ3) is 3.89. The second-order valence-corrected chi connectivity index (χ2v) is 7.97. The van der Waals surface area contributed by atoms with Gasteiger partial charge in [-0.15, -0.1) is 0 Å². The van der Waals surface area contributed by atoms with E-state index in [1.54, 1.807) is 12.3 Å². The second kappa shape index (κ2) is 8.10. The summed E-state index contributed by atoms with van der Waals surface area (Å²) in [4.78, 5) is 20.8. The normalized spacial score (nSPS) is 16.4. The van der Waals surface area contributed by atoms with Crippen LogP contribution >= 0.6 is 0 Å². The SMILES string of the molecule is CC(C)Nc1c(C(=O)NCCC2CCNC2)cnc2c1[nH]c1cc(C#N)ccc12. The number of nitrogens with one attached hydrogen (secondary N) is 4. The number of H-pyrrole nitrogens is 1. The maximum Gasteiger partial charge on any atom is 0.255 e. The van der Waals surface area contributed by atoms with Gasteiger partial charge in [-0.3, -0.25) is 9.78 Å². The van der Waals surface area contributed by atoms with E-state index in [9.17, 15) is 10.1 Å². The molecular weight excluding hydrogens is 364 g/mol. The minimum Gasteiger partial charge on any atom is -0.380 e. The molecule has 0 radical (unpaired) electrons. The van der Waals surface area contributed by atoms with Crippen molar-refractivity contribution in [2.24, 2.45) is 5.92 Å². The summed E-state index contributed by atoms with van der Waals surface area (Å²) < 4.78 is 0. The predicted molar refractivity (Wildman–Crippen MR) is 115 cm³/mol. The van der Waals surface area contributed by atoms with Crippen LogP contribution in [0.1, 0.15) is 42.6 Å². The molecule has 1 amide bonds. The number of hydrogen-bond acceptors (Lipinski definition) is 5. The van der Waals surface area contributed by atoms with Gasteiger partial charge in [-0.25, -0.2) is 0 Å².